The quantitative estimate of drug-likeness (QED) is 0.651. The van der Waals surface area contributed by atoms with Gasteiger partial charge in [0, 0.05) is 25.6 Å². The van der Waals surface area contributed by atoms with Crippen molar-refractivity contribution in [2.45, 2.75) is 25.8 Å². The lowest BCUT2D eigenvalue weighted by molar-refractivity contribution is -0.144. The lowest BCUT2D eigenvalue weighted by Crippen LogP contribution is -2.60. The van der Waals surface area contributed by atoms with Crippen molar-refractivity contribution >= 4 is 17.9 Å². The van der Waals surface area contributed by atoms with E-state index in [9.17, 15) is 14.4 Å². The highest BCUT2D eigenvalue weighted by Crippen LogP contribution is 2.24. The van der Waals surface area contributed by atoms with Gasteiger partial charge in [0.25, 0.3) is 0 Å². The van der Waals surface area contributed by atoms with Crippen molar-refractivity contribution < 1.29 is 19.5 Å². The van der Waals surface area contributed by atoms with Crippen LogP contribution >= 0.6 is 0 Å². The van der Waals surface area contributed by atoms with Gasteiger partial charge in [0.05, 0.1) is 5.92 Å². The minimum atomic E-state index is -0.836. The number of hydrogen-bond acceptors (Lipinski definition) is 3. The molecule has 0 aromatic carbocycles. The van der Waals surface area contributed by atoms with Crippen LogP contribution in [0.15, 0.2) is 0 Å². The Balaban J connectivity index is 1.77. The van der Waals surface area contributed by atoms with Gasteiger partial charge in [0.15, 0.2) is 0 Å². The lowest BCUT2D eigenvalue weighted by Gasteiger charge is -2.41. The van der Waals surface area contributed by atoms with Crippen molar-refractivity contribution in [3.05, 3.63) is 0 Å². The van der Waals surface area contributed by atoms with E-state index < -0.39 is 17.9 Å². The maximum atomic E-state index is 11.9. The molecule has 0 aliphatic carbocycles. The van der Waals surface area contributed by atoms with Crippen molar-refractivity contribution in [1.82, 2.24) is 15.5 Å². The number of urea groups is 1. The summed E-state index contributed by atoms with van der Waals surface area (Å²) in [4.78, 5) is 35.7. The summed E-state index contributed by atoms with van der Waals surface area (Å²) in [7, 11) is 0. The van der Waals surface area contributed by atoms with Gasteiger partial charge in [-0.15, -0.1) is 0 Å². The van der Waals surface area contributed by atoms with Crippen molar-refractivity contribution in [2.24, 2.45) is 11.8 Å². The molecular formula is C12H19N3O4. The van der Waals surface area contributed by atoms with Crippen molar-refractivity contribution in [1.29, 1.82) is 0 Å². The Morgan fingerprint density at radius 2 is 2.16 bits per heavy atom. The van der Waals surface area contributed by atoms with Gasteiger partial charge >= 0.3 is 12.0 Å². The van der Waals surface area contributed by atoms with Gasteiger partial charge in [0.1, 0.15) is 6.04 Å². The molecule has 19 heavy (non-hydrogen) atoms. The third-order valence-corrected chi connectivity index (χ3v) is 3.88. The number of amides is 3. The first-order valence-corrected chi connectivity index (χ1v) is 6.55. The zero-order valence-corrected chi connectivity index (χ0v) is 10.9. The molecule has 7 nitrogen and oxygen atoms in total. The second-order valence-electron chi connectivity index (χ2n) is 5.23. The first-order valence-electron chi connectivity index (χ1n) is 6.55. The molecular weight excluding hydrogens is 250 g/mol. The number of carboxylic acids is 1. The molecule has 2 atom stereocenters. The molecule has 3 N–H and O–H groups in total. The highest BCUT2D eigenvalue weighted by molar-refractivity contribution is 5.87. The van der Waals surface area contributed by atoms with E-state index >= 15 is 0 Å². The number of piperidine rings is 1. The highest BCUT2D eigenvalue weighted by atomic mass is 16.4. The molecule has 0 aromatic heterocycles. The normalized spacial score (nSPS) is 25.2. The molecule has 2 heterocycles. The number of carbonyl (C=O) groups excluding carboxylic acids is 2. The Morgan fingerprint density at radius 1 is 1.47 bits per heavy atom. The van der Waals surface area contributed by atoms with E-state index in [1.165, 1.54) is 0 Å². The Morgan fingerprint density at radius 3 is 2.74 bits per heavy atom. The fraction of sp³-hybridized carbons (Fsp3) is 0.750. The van der Waals surface area contributed by atoms with Gasteiger partial charge < -0.3 is 20.6 Å². The third kappa shape index (κ3) is 2.97. The fourth-order valence-electron chi connectivity index (χ4n) is 2.35. The van der Waals surface area contributed by atoms with E-state index in [2.05, 4.69) is 10.6 Å². The third-order valence-electron chi connectivity index (χ3n) is 3.88. The predicted octanol–water partition coefficient (Wildman–Crippen LogP) is -0.373. The molecule has 2 rings (SSSR count). The molecule has 106 valence electrons. The largest absolute Gasteiger partial charge is 0.481 e. The molecule has 0 bridgehead atoms. The summed E-state index contributed by atoms with van der Waals surface area (Å²) in [5, 5.41) is 14.3. The van der Waals surface area contributed by atoms with Gasteiger partial charge in [0.2, 0.25) is 5.91 Å². The lowest BCUT2D eigenvalue weighted by atomic mass is 9.87. The Labute approximate surface area is 111 Å². The SMILES string of the molecule is CC(C(=O)O)C1CN(C(=O)NC2CCCNC2=O)C1. The number of aliphatic carboxylic acids is 1. The van der Waals surface area contributed by atoms with Crippen LogP contribution in [0.3, 0.4) is 0 Å². The van der Waals surface area contributed by atoms with Gasteiger partial charge in [-0.05, 0) is 12.8 Å². The van der Waals surface area contributed by atoms with Crippen LogP contribution in [0.5, 0.6) is 0 Å². The second kappa shape index (κ2) is 5.46. The summed E-state index contributed by atoms with van der Waals surface area (Å²) < 4.78 is 0. The van der Waals surface area contributed by atoms with Gasteiger partial charge in [-0.3, -0.25) is 9.59 Å². The molecule has 0 radical (unpaired) electrons. The monoisotopic (exact) mass is 269 g/mol. The highest BCUT2D eigenvalue weighted by Gasteiger charge is 2.38. The molecule has 2 aliphatic rings. The van der Waals surface area contributed by atoms with Crippen LogP contribution in [0.2, 0.25) is 0 Å². The van der Waals surface area contributed by atoms with E-state index in [-0.39, 0.29) is 17.9 Å². The fourth-order valence-corrected chi connectivity index (χ4v) is 2.35. The first kappa shape index (κ1) is 13.6. The second-order valence-corrected chi connectivity index (χ2v) is 5.23. The minimum Gasteiger partial charge on any atom is -0.481 e. The number of likely N-dealkylation sites (tertiary alicyclic amines) is 1. The summed E-state index contributed by atoms with van der Waals surface area (Å²) >= 11 is 0. The van der Waals surface area contributed by atoms with Crippen molar-refractivity contribution in [2.75, 3.05) is 19.6 Å². The molecule has 3 amide bonds. The molecule has 2 unspecified atom stereocenters. The Bertz CT molecular complexity index is 392. The van der Waals surface area contributed by atoms with Crippen LogP contribution in [0.4, 0.5) is 4.79 Å². The standard InChI is InChI=1S/C12H19N3O4/c1-7(11(17)18)8-5-15(6-8)12(19)14-9-3-2-4-13-10(9)16/h7-9H,2-6H2,1H3,(H,13,16)(H,14,19)(H,17,18). The number of hydrogen-bond donors (Lipinski definition) is 3. The predicted molar refractivity (Wildman–Crippen MR) is 66.4 cm³/mol. The molecule has 2 aliphatic heterocycles. The zero-order valence-electron chi connectivity index (χ0n) is 10.9. The molecule has 0 aromatic rings. The number of rotatable bonds is 3. The topological polar surface area (TPSA) is 98.7 Å². The van der Waals surface area contributed by atoms with Crippen LogP contribution in [0.1, 0.15) is 19.8 Å². The average Bonchev–Trinajstić information content (AvgIpc) is 2.30. The smallest absolute Gasteiger partial charge is 0.318 e. The summed E-state index contributed by atoms with van der Waals surface area (Å²) in [6.45, 7) is 3.19. The van der Waals surface area contributed by atoms with Crippen LogP contribution in [-0.2, 0) is 9.59 Å². The first-order chi connectivity index (χ1) is 8.99. The van der Waals surface area contributed by atoms with Gasteiger partial charge in [-0.25, -0.2) is 4.79 Å². The average molecular weight is 269 g/mol. The van der Waals surface area contributed by atoms with Gasteiger partial charge in [-0.2, -0.15) is 0 Å². The van der Waals surface area contributed by atoms with E-state index in [4.69, 9.17) is 5.11 Å². The van der Waals surface area contributed by atoms with Crippen molar-refractivity contribution in [3.63, 3.8) is 0 Å². The van der Waals surface area contributed by atoms with Gasteiger partial charge in [-0.1, -0.05) is 6.92 Å². The summed E-state index contributed by atoms with van der Waals surface area (Å²) in [5.41, 5.74) is 0. The summed E-state index contributed by atoms with van der Waals surface area (Å²) in [6, 6.07) is -0.743. The van der Waals surface area contributed by atoms with E-state index in [1.807, 2.05) is 0 Å². The Kier molecular flexibility index (Phi) is 3.92. The van der Waals surface area contributed by atoms with Crippen LogP contribution in [0, 0.1) is 11.8 Å². The van der Waals surface area contributed by atoms with Crippen LogP contribution in [0.25, 0.3) is 0 Å². The Hall–Kier alpha value is -1.79. The molecule has 0 spiro atoms. The van der Waals surface area contributed by atoms with E-state index in [0.717, 1.165) is 6.42 Å². The number of carbonyl (C=O) groups is 3. The summed E-state index contributed by atoms with van der Waals surface area (Å²) in [5.74, 6) is -1.42. The van der Waals surface area contributed by atoms with Crippen molar-refractivity contribution in [3.8, 4) is 0 Å². The maximum Gasteiger partial charge on any atom is 0.318 e. The zero-order chi connectivity index (χ0) is 14.0. The summed E-state index contributed by atoms with van der Waals surface area (Å²) in [6.07, 6.45) is 1.51. The number of nitrogens with one attached hydrogen (secondary N) is 2. The maximum absolute atomic E-state index is 11.9. The molecule has 7 heteroatoms. The number of nitrogens with zero attached hydrogens (tertiary/aromatic N) is 1. The molecule has 0 saturated carbocycles. The van der Waals surface area contributed by atoms with Crippen LogP contribution in [-0.4, -0.2) is 53.6 Å². The van der Waals surface area contributed by atoms with E-state index in [1.54, 1.807) is 11.8 Å². The minimum absolute atomic E-state index is 0.00318. The van der Waals surface area contributed by atoms with E-state index in [0.29, 0.717) is 26.1 Å². The van der Waals surface area contributed by atoms with Crippen LogP contribution < -0.4 is 10.6 Å². The number of carboxylic acid groups (broad SMARTS) is 1. The molecule has 2 fully saturated rings. The molecule has 2 saturated heterocycles.